The smallest absolute Gasteiger partial charge is 0.271 e. The number of nitro benzene ring substituents is 1. The monoisotopic (exact) mass is 282 g/mol. The predicted octanol–water partition coefficient (Wildman–Crippen LogP) is 2.95. The van der Waals surface area contributed by atoms with Crippen LogP contribution in [-0.4, -0.2) is 10.0 Å². The summed E-state index contributed by atoms with van der Waals surface area (Å²) in [6.07, 6.45) is 0. The van der Waals surface area contributed by atoms with Crippen LogP contribution in [0.25, 0.3) is 0 Å². The lowest BCUT2D eigenvalue weighted by molar-refractivity contribution is -0.384. The van der Waals surface area contributed by atoms with Crippen molar-refractivity contribution in [1.82, 2.24) is 0 Å². The normalized spacial score (nSPS) is 10.4. The molecule has 2 N–H and O–H groups in total. The molecule has 1 aromatic carbocycles. The van der Waals surface area contributed by atoms with Gasteiger partial charge in [0.2, 0.25) is 0 Å². The average molecular weight is 283 g/mol. The molecule has 0 spiro atoms. The van der Waals surface area contributed by atoms with E-state index in [-0.39, 0.29) is 17.3 Å². The molecule has 0 amide bonds. The minimum absolute atomic E-state index is 0.0592. The van der Waals surface area contributed by atoms with E-state index >= 15 is 0 Å². The number of nitrogens with one attached hydrogen (secondary N) is 1. The Bertz CT molecular complexity index is 597. The number of aliphatic hydroxyl groups is 1. The highest BCUT2D eigenvalue weighted by Gasteiger charge is 2.09. The number of non-ortho nitro benzene ring substituents is 1. The Balaban J connectivity index is 2.05. The molecular weight excluding hydrogens is 272 g/mol. The number of nitrogens with zero attached hydrogens (tertiary/aromatic N) is 1. The first-order valence-electron chi connectivity index (χ1n) is 5.46. The molecule has 7 heteroatoms. The molecule has 0 atom stereocenters. The number of hydrogen-bond donors (Lipinski definition) is 2. The molecule has 2 rings (SSSR count). The van der Waals surface area contributed by atoms with Gasteiger partial charge in [0, 0.05) is 12.1 Å². The third kappa shape index (κ3) is 3.24. The molecule has 0 aliphatic carbocycles. The highest BCUT2D eigenvalue weighted by molar-refractivity contribution is 6.33. The zero-order valence-corrected chi connectivity index (χ0v) is 10.6. The minimum Gasteiger partial charge on any atom is -0.462 e. The second-order valence-electron chi connectivity index (χ2n) is 3.80. The van der Waals surface area contributed by atoms with Crippen molar-refractivity contribution in [1.29, 1.82) is 0 Å². The lowest BCUT2D eigenvalue weighted by atomic mass is 10.3. The second kappa shape index (κ2) is 5.73. The van der Waals surface area contributed by atoms with E-state index in [2.05, 4.69) is 5.32 Å². The summed E-state index contributed by atoms with van der Waals surface area (Å²) < 4.78 is 5.29. The van der Waals surface area contributed by atoms with Crippen molar-refractivity contribution >= 4 is 23.0 Å². The summed E-state index contributed by atoms with van der Waals surface area (Å²) in [7, 11) is 0. The summed E-state index contributed by atoms with van der Waals surface area (Å²) in [5.74, 6) is 1.12. The summed E-state index contributed by atoms with van der Waals surface area (Å²) in [4.78, 5) is 10.1. The summed E-state index contributed by atoms with van der Waals surface area (Å²) in [5.41, 5.74) is 0.519. The van der Waals surface area contributed by atoms with Crippen molar-refractivity contribution in [3.63, 3.8) is 0 Å². The number of aliphatic hydroxyl groups excluding tert-OH is 1. The van der Waals surface area contributed by atoms with Gasteiger partial charge < -0.3 is 14.8 Å². The van der Waals surface area contributed by atoms with Gasteiger partial charge in [-0.25, -0.2) is 0 Å². The molecule has 0 saturated carbocycles. The minimum atomic E-state index is -0.504. The van der Waals surface area contributed by atoms with Gasteiger partial charge in [0.15, 0.2) is 0 Å². The predicted molar refractivity (Wildman–Crippen MR) is 70.1 cm³/mol. The van der Waals surface area contributed by atoms with E-state index in [1.54, 1.807) is 12.1 Å². The first-order chi connectivity index (χ1) is 9.10. The van der Waals surface area contributed by atoms with Crippen LogP contribution in [0.15, 0.2) is 34.7 Å². The fourth-order valence-electron chi connectivity index (χ4n) is 1.55. The van der Waals surface area contributed by atoms with Crippen molar-refractivity contribution in [2.24, 2.45) is 0 Å². The molecule has 0 unspecified atom stereocenters. The van der Waals surface area contributed by atoms with Crippen LogP contribution in [0.1, 0.15) is 11.5 Å². The van der Waals surface area contributed by atoms with Crippen LogP contribution >= 0.6 is 11.6 Å². The largest absolute Gasteiger partial charge is 0.462 e. The maximum absolute atomic E-state index is 10.6. The molecule has 19 heavy (non-hydrogen) atoms. The highest BCUT2D eigenvalue weighted by atomic mass is 35.5. The van der Waals surface area contributed by atoms with Gasteiger partial charge in [-0.1, -0.05) is 11.6 Å². The van der Waals surface area contributed by atoms with E-state index in [4.69, 9.17) is 21.1 Å². The Labute approximate surface area is 113 Å². The van der Waals surface area contributed by atoms with Gasteiger partial charge in [0.05, 0.1) is 22.2 Å². The molecule has 0 radical (unpaired) electrons. The van der Waals surface area contributed by atoms with E-state index in [9.17, 15) is 10.1 Å². The van der Waals surface area contributed by atoms with E-state index in [1.807, 2.05) is 0 Å². The van der Waals surface area contributed by atoms with E-state index in [1.165, 1.54) is 18.2 Å². The van der Waals surface area contributed by atoms with Crippen LogP contribution in [0.4, 0.5) is 11.4 Å². The lowest BCUT2D eigenvalue weighted by Crippen LogP contribution is -1.99. The highest BCUT2D eigenvalue weighted by Crippen LogP contribution is 2.27. The van der Waals surface area contributed by atoms with Crippen LogP contribution in [-0.2, 0) is 13.2 Å². The molecule has 0 aliphatic heterocycles. The van der Waals surface area contributed by atoms with Crippen LogP contribution in [0.2, 0.25) is 5.02 Å². The van der Waals surface area contributed by atoms with Crippen LogP contribution in [0.3, 0.4) is 0 Å². The maximum Gasteiger partial charge on any atom is 0.271 e. The third-order valence-electron chi connectivity index (χ3n) is 2.49. The SMILES string of the molecule is O=[N+]([O-])c1ccc(NCc2ccc(CO)o2)c(Cl)c1. The summed E-state index contributed by atoms with van der Waals surface area (Å²) >= 11 is 5.93. The molecule has 2 aromatic rings. The number of rotatable bonds is 5. The summed E-state index contributed by atoms with van der Waals surface area (Å²) in [6.45, 7) is 0.218. The lowest BCUT2D eigenvalue weighted by Gasteiger charge is -2.06. The van der Waals surface area contributed by atoms with Gasteiger partial charge in [0.1, 0.15) is 18.1 Å². The number of nitro groups is 1. The van der Waals surface area contributed by atoms with E-state index in [0.29, 0.717) is 23.8 Å². The van der Waals surface area contributed by atoms with Gasteiger partial charge in [-0.3, -0.25) is 10.1 Å². The quantitative estimate of drug-likeness (QED) is 0.650. The molecule has 1 aromatic heterocycles. The number of anilines is 1. The maximum atomic E-state index is 10.6. The topological polar surface area (TPSA) is 88.5 Å². The number of halogens is 1. The van der Waals surface area contributed by atoms with Gasteiger partial charge in [-0.2, -0.15) is 0 Å². The van der Waals surface area contributed by atoms with E-state index < -0.39 is 4.92 Å². The Morgan fingerprint density at radius 1 is 1.32 bits per heavy atom. The molecular formula is C12H11ClN2O4. The van der Waals surface area contributed by atoms with Gasteiger partial charge in [-0.05, 0) is 18.2 Å². The first kappa shape index (κ1) is 13.4. The van der Waals surface area contributed by atoms with Gasteiger partial charge in [-0.15, -0.1) is 0 Å². The fourth-order valence-corrected chi connectivity index (χ4v) is 1.79. The number of hydrogen-bond acceptors (Lipinski definition) is 5. The number of furan rings is 1. The standard InChI is InChI=1S/C12H11ClN2O4/c13-11-5-8(15(17)18)1-4-12(11)14-6-9-2-3-10(7-16)19-9/h1-5,14,16H,6-7H2. The molecule has 6 nitrogen and oxygen atoms in total. The first-order valence-corrected chi connectivity index (χ1v) is 5.84. The fraction of sp³-hybridized carbons (Fsp3) is 0.167. The van der Waals surface area contributed by atoms with Crippen molar-refractivity contribution < 1.29 is 14.4 Å². The van der Waals surface area contributed by atoms with Crippen molar-refractivity contribution in [3.8, 4) is 0 Å². The second-order valence-corrected chi connectivity index (χ2v) is 4.21. The van der Waals surface area contributed by atoms with Crippen molar-refractivity contribution in [2.75, 3.05) is 5.32 Å². The summed E-state index contributed by atoms with van der Waals surface area (Å²) in [5, 5.41) is 22.7. The Morgan fingerprint density at radius 3 is 2.63 bits per heavy atom. The molecule has 1 heterocycles. The van der Waals surface area contributed by atoms with Gasteiger partial charge in [0.25, 0.3) is 5.69 Å². The molecule has 0 fully saturated rings. The average Bonchev–Trinajstić information content (AvgIpc) is 2.85. The molecule has 0 aliphatic rings. The summed E-state index contributed by atoms with van der Waals surface area (Å²) in [6, 6.07) is 7.60. The zero-order valence-electron chi connectivity index (χ0n) is 9.80. The van der Waals surface area contributed by atoms with Crippen LogP contribution in [0, 0.1) is 10.1 Å². The van der Waals surface area contributed by atoms with Crippen molar-refractivity contribution in [3.05, 3.63) is 57.0 Å². The van der Waals surface area contributed by atoms with Crippen LogP contribution < -0.4 is 5.32 Å². The Kier molecular flexibility index (Phi) is 4.03. The van der Waals surface area contributed by atoms with Crippen LogP contribution in [0.5, 0.6) is 0 Å². The molecule has 0 saturated heterocycles. The zero-order chi connectivity index (χ0) is 13.8. The molecule has 0 bridgehead atoms. The van der Waals surface area contributed by atoms with Crippen molar-refractivity contribution in [2.45, 2.75) is 13.2 Å². The Morgan fingerprint density at radius 2 is 2.05 bits per heavy atom. The van der Waals surface area contributed by atoms with E-state index in [0.717, 1.165) is 0 Å². The number of benzene rings is 1. The third-order valence-corrected chi connectivity index (χ3v) is 2.80. The Hall–Kier alpha value is -2.05. The molecule has 100 valence electrons. The van der Waals surface area contributed by atoms with Gasteiger partial charge >= 0.3 is 0 Å².